The number of aromatic nitrogens is 2. The molecule has 1 aromatic carbocycles. The van der Waals surface area contributed by atoms with Gasteiger partial charge in [0.2, 0.25) is 0 Å². The zero-order valence-corrected chi connectivity index (χ0v) is 29.1. The average Bonchev–Trinajstić information content (AvgIpc) is 3.39. The number of benzene rings is 1. The number of ether oxygens (including phenoxy) is 4. The lowest BCUT2D eigenvalue weighted by Crippen LogP contribution is -2.38. The lowest BCUT2D eigenvalue weighted by Gasteiger charge is -2.30. The summed E-state index contributed by atoms with van der Waals surface area (Å²) >= 11 is 0. The highest BCUT2D eigenvalue weighted by molar-refractivity contribution is 5.96. The monoisotopic (exact) mass is 614 g/mol. The first kappa shape index (κ1) is 37.2. The average molecular weight is 615 g/mol. The zero-order chi connectivity index (χ0) is 33.0. The first-order valence-corrected chi connectivity index (χ1v) is 16.3. The molecule has 0 aliphatic rings. The molecule has 3 unspecified atom stereocenters. The Kier molecular flexibility index (Phi) is 15.3. The van der Waals surface area contributed by atoms with Crippen LogP contribution in [-0.2, 0) is 19.1 Å². The maximum absolute atomic E-state index is 14.2. The third-order valence-corrected chi connectivity index (χ3v) is 8.74. The van der Waals surface area contributed by atoms with Gasteiger partial charge in [-0.25, -0.2) is 4.98 Å². The minimum absolute atomic E-state index is 0.184. The van der Waals surface area contributed by atoms with E-state index in [2.05, 4.69) is 60.4 Å². The van der Waals surface area contributed by atoms with E-state index in [-0.39, 0.29) is 25.0 Å². The Labute approximate surface area is 266 Å². The highest BCUT2D eigenvalue weighted by Gasteiger charge is 2.42. The van der Waals surface area contributed by atoms with Crippen molar-refractivity contribution in [3.63, 3.8) is 0 Å². The molecule has 3 atom stereocenters. The van der Waals surface area contributed by atoms with Crippen molar-refractivity contribution < 1.29 is 28.5 Å². The van der Waals surface area contributed by atoms with Crippen molar-refractivity contribution >= 4 is 11.9 Å². The summed E-state index contributed by atoms with van der Waals surface area (Å²) in [7, 11) is 3.14. The maximum atomic E-state index is 14.2. The van der Waals surface area contributed by atoms with E-state index in [1.165, 1.54) is 0 Å². The lowest BCUT2D eigenvalue weighted by atomic mass is 9.88. The molecule has 0 saturated carbocycles. The van der Waals surface area contributed by atoms with Gasteiger partial charge in [0.1, 0.15) is 17.3 Å². The molecule has 0 spiro atoms. The third-order valence-electron chi connectivity index (χ3n) is 8.74. The number of imidazole rings is 1. The molecule has 2 aromatic rings. The summed E-state index contributed by atoms with van der Waals surface area (Å²) in [4.78, 5) is 32.8. The Morgan fingerprint density at radius 3 is 1.68 bits per heavy atom. The second-order valence-electron chi connectivity index (χ2n) is 13.6. The number of carbonyl (C=O) groups is 2. The summed E-state index contributed by atoms with van der Waals surface area (Å²) in [6, 6.07) is 4.57. The number of methoxy groups -OCH3 is 2. The van der Waals surface area contributed by atoms with Gasteiger partial charge in [-0.2, -0.15) is 0 Å². The summed E-state index contributed by atoms with van der Waals surface area (Å²) in [5.41, 5.74) is 0.633. The highest BCUT2D eigenvalue weighted by atomic mass is 16.6. The number of rotatable bonds is 19. The molecule has 0 bridgehead atoms. The van der Waals surface area contributed by atoms with E-state index in [4.69, 9.17) is 18.9 Å². The van der Waals surface area contributed by atoms with E-state index in [0.29, 0.717) is 46.6 Å². The molecule has 8 nitrogen and oxygen atoms in total. The van der Waals surface area contributed by atoms with Crippen molar-refractivity contribution in [3.8, 4) is 11.5 Å². The van der Waals surface area contributed by atoms with Gasteiger partial charge in [0, 0.05) is 24.0 Å². The predicted molar refractivity (Wildman–Crippen MR) is 175 cm³/mol. The van der Waals surface area contributed by atoms with Crippen LogP contribution in [0.25, 0.3) is 0 Å². The third kappa shape index (κ3) is 10.8. The van der Waals surface area contributed by atoms with E-state index in [1.54, 1.807) is 38.7 Å². The van der Waals surface area contributed by atoms with Gasteiger partial charge in [0.15, 0.2) is 5.92 Å². The summed E-state index contributed by atoms with van der Waals surface area (Å²) in [5, 5.41) is 0. The van der Waals surface area contributed by atoms with Crippen molar-refractivity contribution in [2.75, 3.05) is 27.4 Å². The molecule has 0 fully saturated rings. The Morgan fingerprint density at radius 2 is 1.30 bits per heavy atom. The maximum Gasteiger partial charge on any atom is 0.322 e. The Bertz CT molecular complexity index is 1120. The van der Waals surface area contributed by atoms with Crippen LogP contribution in [0.4, 0.5) is 0 Å². The van der Waals surface area contributed by atoms with E-state index in [0.717, 1.165) is 25.7 Å². The molecule has 0 radical (unpaired) electrons. The van der Waals surface area contributed by atoms with Gasteiger partial charge in [0.25, 0.3) is 0 Å². The van der Waals surface area contributed by atoms with Crippen LogP contribution >= 0.6 is 0 Å². The standard InChI is InChI=1S/C36H58N2O6/c1-23(2)12-14-28(25(5)6)21-43-35(39)33(36(40)44-22-29(26(7)8)15-13-24(3)4)34(38-19-18-37-27(38)9)31-17-16-30(41-10)20-32(31)42-11/h16-20,23-26,28-29,33-34H,12-15,21-22H2,1-11H3. The number of aryl methyl sites for hydroxylation is 1. The topological polar surface area (TPSA) is 88.9 Å². The SMILES string of the molecule is COc1ccc(C(C(C(=O)OCC(CCC(C)C)C(C)C)C(=O)OCC(CCC(C)C)C(C)C)n2ccnc2C)c(OC)c1. The van der Waals surface area contributed by atoms with E-state index >= 15 is 0 Å². The quantitative estimate of drug-likeness (QED) is 0.117. The van der Waals surface area contributed by atoms with Crippen LogP contribution in [0.3, 0.4) is 0 Å². The Morgan fingerprint density at radius 1 is 0.773 bits per heavy atom. The van der Waals surface area contributed by atoms with Crippen molar-refractivity contribution in [2.24, 2.45) is 41.4 Å². The molecule has 1 aromatic heterocycles. The molecule has 248 valence electrons. The summed E-state index contributed by atoms with van der Waals surface area (Å²) in [6.07, 6.45) is 7.40. The molecule has 0 amide bonds. The van der Waals surface area contributed by atoms with Crippen LogP contribution in [0.5, 0.6) is 11.5 Å². The van der Waals surface area contributed by atoms with Gasteiger partial charge in [-0.05, 0) is 67.4 Å². The van der Waals surface area contributed by atoms with Crippen molar-refractivity contribution in [1.82, 2.24) is 9.55 Å². The fourth-order valence-corrected chi connectivity index (χ4v) is 5.46. The van der Waals surface area contributed by atoms with Gasteiger partial charge in [-0.1, -0.05) is 68.2 Å². The predicted octanol–water partition coefficient (Wildman–Crippen LogP) is 7.92. The first-order chi connectivity index (χ1) is 20.8. The Hall–Kier alpha value is -3.03. The number of hydrogen-bond acceptors (Lipinski definition) is 7. The lowest BCUT2D eigenvalue weighted by molar-refractivity contribution is -0.166. The van der Waals surface area contributed by atoms with Crippen molar-refractivity contribution in [3.05, 3.63) is 42.0 Å². The minimum Gasteiger partial charge on any atom is -0.497 e. The minimum atomic E-state index is -1.28. The molecule has 0 N–H and O–H groups in total. The summed E-state index contributed by atoms with van der Waals surface area (Å²) < 4.78 is 25.1. The summed E-state index contributed by atoms with van der Waals surface area (Å²) in [5.74, 6) is 1.37. The molecule has 0 saturated heterocycles. The molecule has 44 heavy (non-hydrogen) atoms. The van der Waals surface area contributed by atoms with Crippen LogP contribution in [0, 0.1) is 48.3 Å². The van der Waals surface area contributed by atoms with Gasteiger partial charge in [0.05, 0.1) is 33.5 Å². The van der Waals surface area contributed by atoms with Crippen molar-refractivity contribution in [1.29, 1.82) is 0 Å². The fraction of sp³-hybridized carbons (Fsp3) is 0.694. The molecule has 0 aliphatic heterocycles. The second-order valence-corrected chi connectivity index (χ2v) is 13.6. The van der Waals surface area contributed by atoms with Gasteiger partial charge >= 0.3 is 11.9 Å². The van der Waals surface area contributed by atoms with Gasteiger partial charge < -0.3 is 23.5 Å². The van der Waals surface area contributed by atoms with E-state index in [1.807, 2.05) is 17.6 Å². The largest absolute Gasteiger partial charge is 0.497 e. The highest BCUT2D eigenvalue weighted by Crippen LogP contribution is 2.38. The van der Waals surface area contributed by atoms with Crippen LogP contribution < -0.4 is 9.47 Å². The van der Waals surface area contributed by atoms with Crippen molar-refractivity contribution in [2.45, 2.75) is 94.0 Å². The number of esters is 2. The zero-order valence-electron chi connectivity index (χ0n) is 29.1. The molecule has 1 heterocycles. The summed E-state index contributed by atoms with van der Waals surface area (Å²) in [6.45, 7) is 19.7. The molecule has 8 heteroatoms. The molecular weight excluding hydrogens is 556 g/mol. The number of hydrogen-bond donors (Lipinski definition) is 0. The van der Waals surface area contributed by atoms with Crippen LogP contribution in [-0.4, -0.2) is 48.9 Å². The Balaban J connectivity index is 2.56. The number of nitrogens with zero attached hydrogens (tertiary/aromatic N) is 2. The molecule has 0 aliphatic carbocycles. The van der Waals surface area contributed by atoms with E-state index < -0.39 is 23.9 Å². The fourth-order valence-electron chi connectivity index (χ4n) is 5.46. The number of carbonyl (C=O) groups excluding carboxylic acids is 2. The van der Waals surface area contributed by atoms with Crippen LogP contribution in [0.1, 0.15) is 98.5 Å². The van der Waals surface area contributed by atoms with Gasteiger partial charge in [-0.15, -0.1) is 0 Å². The molecular formula is C36H58N2O6. The first-order valence-electron chi connectivity index (χ1n) is 16.3. The normalized spacial score (nSPS) is 14.5. The van der Waals surface area contributed by atoms with E-state index in [9.17, 15) is 9.59 Å². The van der Waals surface area contributed by atoms with Crippen LogP contribution in [0.15, 0.2) is 30.6 Å². The van der Waals surface area contributed by atoms with Gasteiger partial charge in [-0.3, -0.25) is 9.59 Å². The molecule has 2 rings (SSSR count). The second kappa shape index (κ2) is 18.1. The van der Waals surface area contributed by atoms with Crippen LogP contribution in [0.2, 0.25) is 0 Å². The smallest absolute Gasteiger partial charge is 0.322 e.